The predicted octanol–water partition coefficient (Wildman–Crippen LogP) is 3.88. The van der Waals surface area contributed by atoms with Gasteiger partial charge in [-0.15, -0.1) is 0 Å². The molecule has 0 spiro atoms. The SMILES string of the molecule is NC(=O)C(OC(=O)c1cc(-c2ccco2)nc2ccccc12)c1ccccc1. The first-order chi connectivity index (χ1) is 13.6. The molecule has 4 aromatic rings. The summed E-state index contributed by atoms with van der Waals surface area (Å²) in [5, 5.41) is 0.610. The van der Waals surface area contributed by atoms with E-state index in [9.17, 15) is 9.59 Å². The number of nitrogens with two attached hydrogens (primary N) is 1. The summed E-state index contributed by atoms with van der Waals surface area (Å²) in [6, 6.07) is 20.9. The molecule has 0 aliphatic heterocycles. The average molecular weight is 372 g/mol. The molecule has 1 atom stereocenters. The van der Waals surface area contributed by atoms with Crippen LogP contribution in [0.2, 0.25) is 0 Å². The Morgan fingerprint density at radius 3 is 2.43 bits per heavy atom. The third kappa shape index (κ3) is 3.35. The zero-order valence-corrected chi connectivity index (χ0v) is 14.7. The Hall–Kier alpha value is -3.93. The molecule has 138 valence electrons. The van der Waals surface area contributed by atoms with Crippen LogP contribution in [0.5, 0.6) is 0 Å². The van der Waals surface area contributed by atoms with Gasteiger partial charge in [0.05, 0.1) is 17.3 Å². The van der Waals surface area contributed by atoms with Gasteiger partial charge in [0.1, 0.15) is 5.69 Å². The third-order valence-corrected chi connectivity index (χ3v) is 4.30. The minimum Gasteiger partial charge on any atom is -0.463 e. The number of hydrogen-bond donors (Lipinski definition) is 1. The predicted molar refractivity (Wildman–Crippen MR) is 103 cm³/mol. The summed E-state index contributed by atoms with van der Waals surface area (Å²) in [4.78, 5) is 29.4. The molecular formula is C22H16N2O4. The molecule has 2 heterocycles. The molecule has 1 unspecified atom stereocenters. The van der Waals surface area contributed by atoms with Crippen molar-refractivity contribution in [3.63, 3.8) is 0 Å². The summed E-state index contributed by atoms with van der Waals surface area (Å²) in [7, 11) is 0. The Morgan fingerprint density at radius 2 is 1.71 bits per heavy atom. The number of para-hydroxylation sites is 1. The highest BCUT2D eigenvalue weighted by atomic mass is 16.5. The van der Waals surface area contributed by atoms with Crippen LogP contribution in [0, 0.1) is 0 Å². The number of primary amides is 1. The van der Waals surface area contributed by atoms with E-state index in [1.807, 2.05) is 6.07 Å². The van der Waals surface area contributed by atoms with Gasteiger partial charge in [0.15, 0.2) is 5.76 Å². The standard InChI is InChI=1S/C22H16N2O4/c23-21(25)20(14-7-2-1-3-8-14)28-22(26)16-13-18(19-11-6-12-27-19)24-17-10-5-4-9-15(16)17/h1-13,20H,(H2,23,25). The number of carbonyl (C=O) groups excluding carboxylic acids is 2. The molecule has 2 aromatic carbocycles. The largest absolute Gasteiger partial charge is 0.463 e. The Labute approximate surface area is 160 Å². The number of furan rings is 1. The number of esters is 1. The van der Waals surface area contributed by atoms with Crippen LogP contribution in [-0.2, 0) is 9.53 Å². The molecule has 0 saturated carbocycles. The Bertz CT molecular complexity index is 1140. The minimum atomic E-state index is -1.19. The van der Waals surface area contributed by atoms with E-state index in [1.165, 1.54) is 6.26 Å². The molecule has 6 nitrogen and oxygen atoms in total. The third-order valence-electron chi connectivity index (χ3n) is 4.30. The van der Waals surface area contributed by atoms with E-state index in [0.29, 0.717) is 27.9 Å². The van der Waals surface area contributed by atoms with Crippen LogP contribution < -0.4 is 5.73 Å². The van der Waals surface area contributed by atoms with Crippen molar-refractivity contribution in [2.45, 2.75) is 6.10 Å². The van der Waals surface area contributed by atoms with Crippen molar-refractivity contribution in [3.05, 3.63) is 90.2 Å². The first-order valence-electron chi connectivity index (χ1n) is 8.62. The summed E-state index contributed by atoms with van der Waals surface area (Å²) < 4.78 is 10.9. The van der Waals surface area contributed by atoms with E-state index in [2.05, 4.69) is 4.98 Å². The van der Waals surface area contributed by atoms with Crippen LogP contribution in [0.3, 0.4) is 0 Å². The van der Waals surface area contributed by atoms with Gasteiger partial charge in [-0.1, -0.05) is 48.5 Å². The van der Waals surface area contributed by atoms with Crippen molar-refractivity contribution >= 4 is 22.8 Å². The Balaban J connectivity index is 1.77. The van der Waals surface area contributed by atoms with Crippen LogP contribution in [0.15, 0.2) is 83.5 Å². The van der Waals surface area contributed by atoms with Gasteiger partial charge in [-0.3, -0.25) is 4.79 Å². The van der Waals surface area contributed by atoms with Crippen LogP contribution in [0.25, 0.3) is 22.4 Å². The maximum absolute atomic E-state index is 13.0. The minimum absolute atomic E-state index is 0.277. The summed E-state index contributed by atoms with van der Waals surface area (Å²) in [5.41, 5.74) is 7.36. The van der Waals surface area contributed by atoms with Crippen LogP contribution in [-0.4, -0.2) is 16.9 Å². The average Bonchev–Trinajstić information content (AvgIpc) is 3.26. The molecule has 0 fully saturated rings. The maximum Gasteiger partial charge on any atom is 0.340 e. The molecule has 0 bridgehead atoms. The van der Waals surface area contributed by atoms with Crippen molar-refractivity contribution in [1.82, 2.24) is 4.98 Å². The molecule has 2 N–H and O–H groups in total. The van der Waals surface area contributed by atoms with Gasteiger partial charge in [-0.05, 0) is 24.3 Å². The molecule has 0 aliphatic rings. The topological polar surface area (TPSA) is 95.4 Å². The second-order valence-electron chi connectivity index (χ2n) is 6.15. The van der Waals surface area contributed by atoms with E-state index in [4.69, 9.17) is 14.9 Å². The van der Waals surface area contributed by atoms with Gasteiger partial charge in [0.25, 0.3) is 5.91 Å². The molecule has 4 rings (SSSR count). The lowest BCUT2D eigenvalue weighted by molar-refractivity contribution is -0.127. The van der Waals surface area contributed by atoms with E-state index < -0.39 is 18.0 Å². The van der Waals surface area contributed by atoms with E-state index in [-0.39, 0.29) is 5.56 Å². The van der Waals surface area contributed by atoms with Crippen molar-refractivity contribution in [1.29, 1.82) is 0 Å². The first-order valence-corrected chi connectivity index (χ1v) is 8.62. The lowest BCUT2D eigenvalue weighted by Crippen LogP contribution is -2.26. The molecule has 2 aromatic heterocycles. The second-order valence-corrected chi connectivity index (χ2v) is 6.15. The van der Waals surface area contributed by atoms with E-state index in [1.54, 1.807) is 66.7 Å². The lowest BCUT2D eigenvalue weighted by atomic mass is 10.1. The Morgan fingerprint density at radius 1 is 0.964 bits per heavy atom. The highest BCUT2D eigenvalue weighted by Gasteiger charge is 2.25. The van der Waals surface area contributed by atoms with Crippen molar-refractivity contribution < 1.29 is 18.7 Å². The van der Waals surface area contributed by atoms with Crippen LogP contribution >= 0.6 is 0 Å². The van der Waals surface area contributed by atoms with Crippen LogP contribution in [0.1, 0.15) is 22.0 Å². The van der Waals surface area contributed by atoms with Crippen LogP contribution in [0.4, 0.5) is 0 Å². The van der Waals surface area contributed by atoms with E-state index >= 15 is 0 Å². The fourth-order valence-electron chi connectivity index (χ4n) is 2.98. The number of amides is 1. The molecule has 0 saturated heterocycles. The van der Waals surface area contributed by atoms with Gasteiger partial charge >= 0.3 is 5.97 Å². The van der Waals surface area contributed by atoms with Crippen molar-refractivity contribution in [2.75, 3.05) is 0 Å². The van der Waals surface area contributed by atoms with Crippen molar-refractivity contribution in [3.8, 4) is 11.5 Å². The highest BCUT2D eigenvalue weighted by molar-refractivity contribution is 6.05. The number of ether oxygens (including phenoxy) is 1. The quantitative estimate of drug-likeness (QED) is 0.537. The fraction of sp³-hybridized carbons (Fsp3) is 0.0455. The highest BCUT2D eigenvalue weighted by Crippen LogP contribution is 2.27. The summed E-state index contributed by atoms with van der Waals surface area (Å²) in [6.45, 7) is 0. The normalized spacial score (nSPS) is 11.9. The summed E-state index contributed by atoms with van der Waals surface area (Å²) >= 11 is 0. The number of carbonyl (C=O) groups is 2. The zero-order chi connectivity index (χ0) is 19.5. The zero-order valence-electron chi connectivity index (χ0n) is 14.7. The number of aromatic nitrogens is 1. The van der Waals surface area contributed by atoms with Gasteiger partial charge in [-0.2, -0.15) is 0 Å². The number of hydrogen-bond acceptors (Lipinski definition) is 5. The smallest absolute Gasteiger partial charge is 0.340 e. The molecular weight excluding hydrogens is 356 g/mol. The molecule has 0 radical (unpaired) electrons. The molecule has 1 amide bonds. The van der Waals surface area contributed by atoms with Gasteiger partial charge < -0.3 is 14.9 Å². The number of benzene rings is 2. The molecule has 28 heavy (non-hydrogen) atoms. The number of nitrogens with zero attached hydrogens (tertiary/aromatic N) is 1. The number of pyridine rings is 1. The Kier molecular flexibility index (Phi) is 4.60. The maximum atomic E-state index is 13.0. The van der Waals surface area contributed by atoms with Gasteiger partial charge in [0, 0.05) is 10.9 Å². The summed E-state index contributed by atoms with van der Waals surface area (Å²) in [6.07, 6.45) is 0.343. The number of fused-ring (bicyclic) bond motifs is 1. The van der Waals surface area contributed by atoms with E-state index in [0.717, 1.165) is 0 Å². The van der Waals surface area contributed by atoms with Crippen molar-refractivity contribution in [2.24, 2.45) is 5.73 Å². The lowest BCUT2D eigenvalue weighted by Gasteiger charge is -2.16. The molecule has 6 heteroatoms. The fourth-order valence-corrected chi connectivity index (χ4v) is 2.98. The second kappa shape index (κ2) is 7.36. The first kappa shape index (κ1) is 17.5. The molecule has 0 aliphatic carbocycles. The van der Waals surface area contributed by atoms with Gasteiger partial charge in [-0.25, -0.2) is 9.78 Å². The number of rotatable bonds is 5. The van der Waals surface area contributed by atoms with Gasteiger partial charge in [0.2, 0.25) is 6.10 Å². The monoisotopic (exact) mass is 372 g/mol. The summed E-state index contributed by atoms with van der Waals surface area (Å²) in [5.74, 6) is -0.891.